The minimum atomic E-state index is -0.686. The molecule has 1 aromatic carbocycles. The van der Waals surface area contributed by atoms with Crippen LogP contribution in [0.5, 0.6) is 5.75 Å². The van der Waals surface area contributed by atoms with E-state index in [2.05, 4.69) is 24.1 Å². The Labute approximate surface area is 159 Å². The molecule has 0 saturated heterocycles. The van der Waals surface area contributed by atoms with Gasteiger partial charge < -0.3 is 20.7 Å². The molecular formula is C20H27FN4O2. The van der Waals surface area contributed by atoms with E-state index in [0.29, 0.717) is 23.0 Å². The number of nitrogens with two attached hydrogens (primary N) is 1. The monoisotopic (exact) mass is 374 g/mol. The van der Waals surface area contributed by atoms with Crippen molar-refractivity contribution in [2.24, 2.45) is 5.92 Å². The van der Waals surface area contributed by atoms with Crippen LogP contribution < -0.4 is 15.8 Å². The fraction of sp³-hybridized carbons (Fsp3) is 0.400. The van der Waals surface area contributed by atoms with Crippen LogP contribution in [0.1, 0.15) is 30.6 Å². The second kappa shape index (κ2) is 8.70. The second-order valence-electron chi connectivity index (χ2n) is 6.76. The van der Waals surface area contributed by atoms with Crippen molar-refractivity contribution in [1.29, 1.82) is 0 Å². The molecule has 0 saturated carbocycles. The predicted octanol–water partition coefficient (Wildman–Crippen LogP) is 3.64. The minimum absolute atomic E-state index is 0.0914. The lowest BCUT2D eigenvalue weighted by atomic mass is 10.0. The Hall–Kier alpha value is -2.83. The van der Waals surface area contributed by atoms with Crippen molar-refractivity contribution in [2.75, 3.05) is 38.8 Å². The lowest BCUT2D eigenvalue weighted by Crippen LogP contribution is -2.24. The van der Waals surface area contributed by atoms with Gasteiger partial charge in [-0.1, -0.05) is 20.3 Å². The molecule has 0 bridgehead atoms. The van der Waals surface area contributed by atoms with Crippen molar-refractivity contribution >= 4 is 17.4 Å². The van der Waals surface area contributed by atoms with E-state index in [-0.39, 0.29) is 16.8 Å². The van der Waals surface area contributed by atoms with E-state index in [4.69, 9.17) is 10.5 Å². The molecule has 1 amide bonds. The van der Waals surface area contributed by atoms with Crippen LogP contribution in [0.2, 0.25) is 0 Å². The molecule has 1 aromatic heterocycles. The number of ether oxygens (including phenoxy) is 1. The molecule has 2 aromatic rings. The summed E-state index contributed by atoms with van der Waals surface area (Å²) in [5, 5.41) is 3.25. The molecule has 0 aliphatic carbocycles. The van der Waals surface area contributed by atoms with E-state index in [1.807, 2.05) is 0 Å². The SMILES string of the molecule is CCC(C)CNc1cc(OC)c(-c2ccc(N)c(C(=O)N(C)C)c2F)cn1. The van der Waals surface area contributed by atoms with Gasteiger partial charge in [0, 0.05) is 49.7 Å². The fourth-order valence-electron chi connectivity index (χ4n) is 2.57. The highest BCUT2D eigenvalue weighted by atomic mass is 19.1. The molecule has 2 rings (SSSR count). The van der Waals surface area contributed by atoms with E-state index in [1.165, 1.54) is 30.3 Å². The van der Waals surface area contributed by atoms with E-state index in [9.17, 15) is 4.79 Å². The number of nitrogens with one attached hydrogen (secondary N) is 1. The predicted molar refractivity (Wildman–Crippen MR) is 107 cm³/mol. The van der Waals surface area contributed by atoms with E-state index in [0.717, 1.165) is 13.0 Å². The van der Waals surface area contributed by atoms with Crippen LogP contribution in [0, 0.1) is 11.7 Å². The number of nitrogens with zero attached hydrogens (tertiary/aromatic N) is 2. The van der Waals surface area contributed by atoms with Crippen LogP contribution in [0.3, 0.4) is 0 Å². The van der Waals surface area contributed by atoms with Crippen LogP contribution in [0.15, 0.2) is 24.4 Å². The van der Waals surface area contributed by atoms with Crippen molar-refractivity contribution in [1.82, 2.24) is 9.88 Å². The summed E-state index contributed by atoms with van der Waals surface area (Å²) in [6.07, 6.45) is 2.60. The smallest absolute Gasteiger partial charge is 0.258 e. The van der Waals surface area contributed by atoms with Gasteiger partial charge >= 0.3 is 0 Å². The number of pyridine rings is 1. The van der Waals surface area contributed by atoms with Gasteiger partial charge in [0.15, 0.2) is 0 Å². The highest BCUT2D eigenvalue weighted by molar-refractivity contribution is 6.00. The largest absolute Gasteiger partial charge is 0.496 e. The van der Waals surface area contributed by atoms with Crippen LogP contribution in [-0.4, -0.2) is 43.5 Å². The van der Waals surface area contributed by atoms with Crippen molar-refractivity contribution in [3.05, 3.63) is 35.8 Å². The summed E-state index contributed by atoms with van der Waals surface area (Å²) in [5.74, 6) is 0.436. The number of hydrogen-bond donors (Lipinski definition) is 2. The molecular weight excluding hydrogens is 347 g/mol. The van der Waals surface area contributed by atoms with E-state index < -0.39 is 11.7 Å². The number of hydrogen-bond acceptors (Lipinski definition) is 5. The van der Waals surface area contributed by atoms with Gasteiger partial charge in [-0.25, -0.2) is 9.37 Å². The van der Waals surface area contributed by atoms with Gasteiger partial charge in [0.05, 0.1) is 12.7 Å². The number of nitrogen functional groups attached to an aromatic ring is 1. The molecule has 146 valence electrons. The molecule has 0 fully saturated rings. The molecule has 7 heteroatoms. The van der Waals surface area contributed by atoms with Gasteiger partial charge in [0.25, 0.3) is 5.91 Å². The third-order valence-electron chi connectivity index (χ3n) is 4.50. The Morgan fingerprint density at radius 3 is 2.67 bits per heavy atom. The maximum Gasteiger partial charge on any atom is 0.258 e. The summed E-state index contributed by atoms with van der Waals surface area (Å²) in [4.78, 5) is 18.0. The van der Waals surface area contributed by atoms with Crippen molar-refractivity contribution < 1.29 is 13.9 Å². The normalized spacial score (nSPS) is 11.8. The zero-order valence-corrected chi connectivity index (χ0v) is 16.5. The molecule has 0 spiro atoms. The van der Waals surface area contributed by atoms with Crippen molar-refractivity contribution in [3.63, 3.8) is 0 Å². The number of methoxy groups -OCH3 is 1. The Morgan fingerprint density at radius 2 is 2.07 bits per heavy atom. The van der Waals surface area contributed by atoms with Crippen LogP contribution in [-0.2, 0) is 0 Å². The average Bonchev–Trinajstić information content (AvgIpc) is 2.66. The van der Waals surface area contributed by atoms with E-state index >= 15 is 4.39 Å². The maximum atomic E-state index is 15.1. The number of halogens is 1. The van der Waals surface area contributed by atoms with Gasteiger partial charge in [0.2, 0.25) is 0 Å². The zero-order valence-electron chi connectivity index (χ0n) is 16.5. The molecule has 6 nitrogen and oxygen atoms in total. The van der Waals surface area contributed by atoms with Crippen LogP contribution >= 0.6 is 0 Å². The first-order valence-electron chi connectivity index (χ1n) is 8.88. The average molecular weight is 374 g/mol. The summed E-state index contributed by atoms with van der Waals surface area (Å²) in [6.45, 7) is 5.05. The maximum absolute atomic E-state index is 15.1. The van der Waals surface area contributed by atoms with Gasteiger partial charge in [-0.2, -0.15) is 0 Å². The molecule has 1 heterocycles. The van der Waals surface area contributed by atoms with Gasteiger partial charge in [-0.3, -0.25) is 4.79 Å². The summed E-state index contributed by atoms with van der Waals surface area (Å²) in [6, 6.07) is 4.77. The minimum Gasteiger partial charge on any atom is -0.496 e. The number of carbonyl (C=O) groups is 1. The Balaban J connectivity index is 2.46. The summed E-state index contributed by atoms with van der Waals surface area (Å²) < 4.78 is 20.6. The first-order chi connectivity index (χ1) is 12.8. The quantitative estimate of drug-likeness (QED) is 0.723. The van der Waals surface area contributed by atoms with Crippen molar-refractivity contribution in [2.45, 2.75) is 20.3 Å². The molecule has 3 N–H and O–H groups in total. The standard InChI is InChI=1S/C20H27FN4O2/c1-6-12(2)10-23-17-9-16(27-5)14(11-24-17)13-7-8-15(22)18(19(13)21)20(26)25(3)4/h7-9,11-12H,6,10,22H2,1-5H3,(H,23,24). The first kappa shape index (κ1) is 20.5. The Bertz CT molecular complexity index is 824. The molecule has 0 radical (unpaired) electrons. The number of carbonyl (C=O) groups excluding carboxylic acids is 1. The topological polar surface area (TPSA) is 80.5 Å². The molecule has 0 aliphatic heterocycles. The number of benzene rings is 1. The van der Waals surface area contributed by atoms with Crippen LogP contribution in [0.4, 0.5) is 15.9 Å². The third-order valence-corrected chi connectivity index (χ3v) is 4.50. The zero-order chi connectivity index (χ0) is 20.1. The number of anilines is 2. The molecule has 1 atom stereocenters. The lowest BCUT2D eigenvalue weighted by Gasteiger charge is -2.17. The van der Waals surface area contributed by atoms with Gasteiger partial charge in [-0.15, -0.1) is 0 Å². The molecule has 1 unspecified atom stereocenters. The Kier molecular flexibility index (Phi) is 6.60. The number of amides is 1. The highest BCUT2D eigenvalue weighted by Gasteiger charge is 2.22. The van der Waals surface area contributed by atoms with Crippen molar-refractivity contribution in [3.8, 4) is 16.9 Å². The highest BCUT2D eigenvalue weighted by Crippen LogP contribution is 2.35. The summed E-state index contributed by atoms with van der Waals surface area (Å²) in [7, 11) is 4.61. The number of rotatable bonds is 7. The van der Waals surface area contributed by atoms with Gasteiger partial charge in [-0.05, 0) is 18.1 Å². The lowest BCUT2D eigenvalue weighted by molar-refractivity contribution is 0.0824. The fourth-order valence-corrected chi connectivity index (χ4v) is 2.57. The number of aromatic nitrogens is 1. The summed E-state index contributed by atoms with van der Waals surface area (Å²) >= 11 is 0. The third kappa shape index (κ3) is 4.48. The van der Waals surface area contributed by atoms with E-state index in [1.54, 1.807) is 20.2 Å². The van der Waals surface area contributed by atoms with Crippen LogP contribution in [0.25, 0.3) is 11.1 Å². The van der Waals surface area contributed by atoms with Gasteiger partial charge in [0.1, 0.15) is 17.4 Å². The molecule has 27 heavy (non-hydrogen) atoms. The first-order valence-corrected chi connectivity index (χ1v) is 8.88. The second-order valence-corrected chi connectivity index (χ2v) is 6.76. The summed E-state index contributed by atoms with van der Waals surface area (Å²) in [5.41, 5.74) is 6.45. The Morgan fingerprint density at radius 1 is 1.37 bits per heavy atom. The molecule has 0 aliphatic rings.